The van der Waals surface area contributed by atoms with Crippen LogP contribution in [-0.4, -0.2) is 11.8 Å². The van der Waals surface area contributed by atoms with Crippen molar-refractivity contribution in [3.05, 3.63) is 29.8 Å². The molecule has 1 rings (SSSR count). The van der Waals surface area contributed by atoms with Crippen LogP contribution in [0.2, 0.25) is 0 Å². The smallest absolute Gasteiger partial charge is 0.115 e. The summed E-state index contributed by atoms with van der Waals surface area (Å²) in [6.45, 7) is 4.39. The maximum Gasteiger partial charge on any atom is 0.115 e. The van der Waals surface area contributed by atoms with E-state index in [4.69, 9.17) is 5.11 Å². The quantitative estimate of drug-likeness (QED) is 0.673. The van der Waals surface area contributed by atoms with Crippen LogP contribution in [0.3, 0.4) is 0 Å². The number of rotatable bonds is 2. The Hall–Kier alpha value is -0.550. The molecule has 0 heterocycles. The Labute approximate surface area is 69.2 Å². The molecule has 0 saturated heterocycles. The van der Waals surface area contributed by atoms with Gasteiger partial charge in [-0.05, 0) is 30.0 Å². The van der Waals surface area contributed by atoms with Crippen LogP contribution in [0.1, 0.15) is 18.1 Å². The lowest BCUT2D eigenvalue weighted by Crippen LogP contribution is -1.83. The maximum absolute atomic E-state index is 9.01. The number of hydrogen-bond acceptors (Lipinski definition) is 1. The predicted molar refractivity (Wildman–Crippen MR) is 50.8 cm³/mol. The molecule has 0 aliphatic heterocycles. The molecule has 2 atom stereocenters. The molecule has 0 fully saturated rings. The predicted octanol–water partition coefficient (Wildman–Crippen LogP) is 2.76. The van der Waals surface area contributed by atoms with Crippen LogP contribution < -0.4 is 0 Å². The number of phenolic OH excluding ortho intramolecular Hbond substituents is 1. The Kier molecular flexibility index (Phi) is 2.90. The topological polar surface area (TPSA) is 20.2 Å². The van der Waals surface area contributed by atoms with Gasteiger partial charge in [-0.3, -0.25) is 0 Å². The van der Waals surface area contributed by atoms with Gasteiger partial charge in [0.25, 0.3) is 0 Å². The molecule has 60 valence electrons. The number of hydrogen-bond donors (Lipinski definition) is 1. The minimum absolute atomic E-state index is 0.348. The summed E-state index contributed by atoms with van der Waals surface area (Å²) in [7, 11) is 0.924. The summed E-state index contributed by atoms with van der Waals surface area (Å²) >= 11 is 0. The number of benzene rings is 1. The molecule has 0 radical (unpaired) electrons. The van der Waals surface area contributed by atoms with Gasteiger partial charge in [-0.2, -0.15) is 0 Å². The molecule has 0 aliphatic carbocycles. The van der Waals surface area contributed by atoms with E-state index >= 15 is 0 Å². The van der Waals surface area contributed by atoms with E-state index in [-0.39, 0.29) is 0 Å². The molecule has 1 nitrogen and oxygen atoms in total. The van der Waals surface area contributed by atoms with E-state index < -0.39 is 0 Å². The van der Waals surface area contributed by atoms with E-state index in [9.17, 15) is 0 Å². The van der Waals surface area contributed by atoms with Crippen molar-refractivity contribution in [1.29, 1.82) is 0 Å². The molecule has 0 amide bonds. The van der Waals surface area contributed by atoms with Crippen LogP contribution >= 0.6 is 8.58 Å². The van der Waals surface area contributed by atoms with Crippen molar-refractivity contribution in [2.75, 3.05) is 6.66 Å². The Bertz CT molecular complexity index is 218. The molecule has 0 saturated carbocycles. The third-order valence-electron chi connectivity index (χ3n) is 1.83. The second-order valence-electron chi connectivity index (χ2n) is 2.60. The largest absolute Gasteiger partial charge is 0.508 e. The summed E-state index contributed by atoms with van der Waals surface area (Å²) in [6, 6.07) is 7.45. The van der Waals surface area contributed by atoms with Crippen LogP contribution in [0.15, 0.2) is 24.3 Å². The van der Waals surface area contributed by atoms with Gasteiger partial charge in [0.2, 0.25) is 0 Å². The first kappa shape index (κ1) is 8.55. The molecule has 0 aliphatic rings. The van der Waals surface area contributed by atoms with E-state index in [1.54, 1.807) is 12.1 Å². The molecule has 11 heavy (non-hydrogen) atoms. The number of aromatic hydroxyl groups is 1. The van der Waals surface area contributed by atoms with Crippen LogP contribution in [0.5, 0.6) is 5.75 Å². The standard InChI is InChI=1S/C9H13OP/c1-7(11-2)8-3-5-9(10)6-4-8/h3-7,10-11H,1-2H3. The highest BCUT2D eigenvalue weighted by Crippen LogP contribution is 2.31. The average molecular weight is 168 g/mol. The van der Waals surface area contributed by atoms with E-state index in [1.807, 2.05) is 12.1 Å². The molecular weight excluding hydrogens is 155 g/mol. The summed E-state index contributed by atoms with van der Waals surface area (Å²) in [4.78, 5) is 0. The van der Waals surface area contributed by atoms with Crippen molar-refractivity contribution in [2.24, 2.45) is 0 Å². The summed E-state index contributed by atoms with van der Waals surface area (Å²) < 4.78 is 0. The minimum atomic E-state index is 0.348. The monoisotopic (exact) mass is 168 g/mol. The normalized spacial score (nSPS) is 14.0. The molecular formula is C9H13OP. The van der Waals surface area contributed by atoms with Crippen molar-refractivity contribution >= 4 is 8.58 Å². The molecule has 2 heteroatoms. The van der Waals surface area contributed by atoms with Gasteiger partial charge < -0.3 is 5.11 Å². The SMILES string of the molecule is CPC(C)c1ccc(O)cc1. The Morgan fingerprint density at radius 2 is 1.82 bits per heavy atom. The van der Waals surface area contributed by atoms with E-state index in [0.29, 0.717) is 11.4 Å². The molecule has 0 aromatic heterocycles. The fraction of sp³-hybridized carbons (Fsp3) is 0.333. The lowest BCUT2D eigenvalue weighted by atomic mass is 10.2. The van der Waals surface area contributed by atoms with Crippen molar-refractivity contribution < 1.29 is 5.11 Å². The molecule has 2 unspecified atom stereocenters. The van der Waals surface area contributed by atoms with Crippen LogP contribution in [0.25, 0.3) is 0 Å². The lowest BCUT2D eigenvalue weighted by molar-refractivity contribution is 0.475. The molecule has 1 aromatic rings. The van der Waals surface area contributed by atoms with Crippen LogP contribution in [-0.2, 0) is 0 Å². The van der Waals surface area contributed by atoms with Gasteiger partial charge in [0, 0.05) is 0 Å². The van der Waals surface area contributed by atoms with E-state index in [1.165, 1.54) is 5.56 Å². The fourth-order valence-corrected chi connectivity index (χ4v) is 1.46. The van der Waals surface area contributed by atoms with E-state index in [2.05, 4.69) is 13.6 Å². The third-order valence-corrected chi connectivity index (χ3v) is 3.03. The zero-order valence-corrected chi connectivity index (χ0v) is 7.83. The van der Waals surface area contributed by atoms with Crippen molar-refractivity contribution in [1.82, 2.24) is 0 Å². The third kappa shape index (κ3) is 2.20. The summed E-state index contributed by atoms with van der Waals surface area (Å²) in [6.07, 6.45) is 0. The zero-order chi connectivity index (χ0) is 8.27. The van der Waals surface area contributed by atoms with Gasteiger partial charge in [-0.1, -0.05) is 19.1 Å². The van der Waals surface area contributed by atoms with Gasteiger partial charge in [0.1, 0.15) is 5.75 Å². The molecule has 1 N–H and O–H groups in total. The Morgan fingerprint density at radius 1 is 1.27 bits per heavy atom. The summed E-state index contributed by atoms with van der Waals surface area (Å²) in [5.74, 6) is 0.348. The number of phenols is 1. The van der Waals surface area contributed by atoms with Crippen LogP contribution in [0, 0.1) is 0 Å². The fourth-order valence-electron chi connectivity index (χ4n) is 0.930. The first-order chi connectivity index (χ1) is 5.24. The van der Waals surface area contributed by atoms with Gasteiger partial charge in [0.15, 0.2) is 0 Å². The van der Waals surface area contributed by atoms with E-state index in [0.717, 1.165) is 8.58 Å². The average Bonchev–Trinajstić information content (AvgIpc) is 2.05. The zero-order valence-electron chi connectivity index (χ0n) is 6.83. The lowest BCUT2D eigenvalue weighted by Gasteiger charge is -2.07. The molecule has 0 spiro atoms. The Balaban J connectivity index is 2.81. The summed E-state index contributed by atoms with van der Waals surface area (Å²) in [5.41, 5.74) is 1.93. The molecule has 1 aromatic carbocycles. The summed E-state index contributed by atoms with van der Waals surface area (Å²) in [5, 5.41) is 9.01. The second kappa shape index (κ2) is 3.73. The van der Waals surface area contributed by atoms with Gasteiger partial charge in [0.05, 0.1) is 0 Å². The van der Waals surface area contributed by atoms with Gasteiger partial charge >= 0.3 is 0 Å². The minimum Gasteiger partial charge on any atom is -0.508 e. The molecule has 0 bridgehead atoms. The Morgan fingerprint density at radius 3 is 2.27 bits per heavy atom. The van der Waals surface area contributed by atoms with Crippen molar-refractivity contribution in [3.63, 3.8) is 0 Å². The van der Waals surface area contributed by atoms with Gasteiger partial charge in [-0.25, -0.2) is 0 Å². The second-order valence-corrected chi connectivity index (χ2v) is 4.05. The highest BCUT2D eigenvalue weighted by molar-refractivity contribution is 7.37. The van der Waals surface area contributed by atoms with Gasteiger partial charge in [-0.15, -0.1) is 8.58 Å². The maximum atomic E-state index is 9.01. The first-order valence-corrected chi connectivity index (χ1v) is 5.28. The van der Waals surface area contributed by atoms with Crippen molar-refractivity contribution in [3.8, 4) is 5.75 Å². The highest BCUT2D eigenvalue weighted by atomic mass is 31.1. The van der Waals surface area contributed by atoms with Crippen molar-refractivity contribution in [2.45, 2.75) is 12.6 Å². The highest BCUT2D eigenvalue weighted by Gasteiger charge is 2.00. The van der Waals surface area contributed by atoms with Crippen LogP contribution in [0.4, 0.5) is 0 Å². The first-order valence-electron chi connectivity index (χ1n) is 3.70.